The van der Waals surface area contributed by atoms with Crippen molar-refractivity contribution in [2.45, 2.75) is 0 Å². The summed E-state index contributed by atoms with van der Waals surface area (Å²) < 4.78 is 0. The fraction of sp³-hybridized carbons (Fsp3) is 0.250. The van der Waals surface area contributed by atoms with E-state index in [0.717, 1.165) is 0 Å². The van der Waals surface area contributed by atoms with Crippen molar-refractivity contribution >= 4 is 17.4 Å². The Labute approximate surface area is 54.0 Å². The minimum absolute atomic E-state index is 0.500. The molecule has 0 saturated carbocycles. The van der Waals surface area contributed by atoms with Crippen molar-refractivity contribution in [3.05, 3.63) is 12.7 Å². The lowest BCUT2D eigenvalue weighted by Gasteiger charge is -1.67. The van der Waals surface area contributed by atoms with Gasteiger partial charge in [-0.15, -0.1) is 6.58 Å². The van der Waals surface area contributed by atoms with Crippen molar-refractivity contribution < 1.29 is 5.11 Å². The molecule has 0 amide bonds. The number of thiocarbonyl (C=S) groups is 1. The summed E-state index contributed by atoms with van der Waals surface area (Å²) >= 11 is 3.87. The molecule has 0 aliphatic rings. The summed E-state index contributed by atoms with van der Waals surface area (Å²) in [5.74, 6) is 0. The van der Waals surface area contributed by atoms with E-state index in [1.54, 1.807) is 6.08 Å². The second kappa shape index (κ2) is 9.63. The summed E-state index contributed by atoms with van der Waals surface area (Å²) in [6, 6.07) is 0. The number of hydrogen-bond donors (Lipinski definition) is 3. The number of nitrogens with two attached hydrogens (primary N) is 2. The Morgan fingerprint density at radius 1 is 1.88 bits per heavy atom. The van der Waals surface area contributed by atoms with Crippen LogP contribution in [0.2, 0.25) is 0 Å². The zero-order chi connectivity index (χ0) is 6.99. The molecule has 48 valence electrons. The van der Waals surface area contributed by atoms with Crippen LogP contribution in [0.3, 0.4) is 0 Å². The molecule has 0 aromatic carbocycles. The molecule has 0 rings (SSSR count). The van der Waals surface area contributed by atoms with Crippen LogP contribution >= 0.6 is 12.2 Å². The zero-order valence-corrected chi connectivity index (χ0v) is 5.32. The molecule has 0 saturated heterocycles. The molecule has 0 heterocycles. The smallest absolute Gasteiger partial charge is 0.251 e. The third-order valence-corrected chi connectivity index (χ3v) is 0.167. The molecule has 0 fully saturated rings. The SMILES string of the molecule is C=CCN.NC(O)=S. The lowest BCUT2D eigenvalue weighted by atomic mass is 10.7. The van der Waals surface area contributed by atoms with Gasteiger partial charge in [0.2, 0.25) is 0 Å². The lowest BCUT2D eigenvalue weighted by molar-refractivity contribution is 0.560. The first-order valence-corrected chi connectivity index (χ1v) is 2.35. The van der Waals surface area contributed by atoms with Crippen LogP contribution in [0.4, 0.5) is 0 Å². The molecular formula is C4H10N2OS. The van der Waals surface area contributed by atoms with Crippen LogP contribution in [-0.4, -0.2) is 16.8 Å². The maximum Gasteiger partial charge on any atom is 0.251 e. The summed E-state index contributed by atoms with van der Waals surface area (Å²) in [6.45, 7) is 3.94. The van der Waals surface area contributed by atoms with Crippen LogP contribution in [0.25, 0.3) is 0 Å². The van der Waals surface area contributed by atoms with Gasteiger partial charge in [-0.05, 0) is 12.2 Å². The normalized spacial score (nSPS) is 6.12. The van der Waals surface area contributed by atoms with Crippen molar-refractivity contribution in [1.29, 1.82) is 0 Å². The van der Waals surface area contributed by atoms with E-state index in [0.29, 0.717) is 6.54 Å². The summed E-state index contributed by atoms with van der Waals surface area (Å²) in [6.07, 6.45) is 1.65. The molecule has 0 radical (unpaired) electrons. The van der Waals surface area contributed by atoms with E-state index in [4.69, 9.17) is 10.8 Å². The zero-order valence-electron chi connectivity index (χ0n) is 4.50. The Bertz CT molecular complexity index is 70.4. The lowest BCUT2D eigenvalue weighted by Crippen LogP contribution is -2.03. The standard InChI is InChI=1S/C3H7N.CH3NOS/c1-2-3-4;2-1(3)4/h2H,1,3-4H2;(H3,2,3,4). The van der Waals surface area contributed by atoms with Gasteiger partial charge in [-0.3, -0.25) is 0 Å². The fourth-order valence-electron chi connectivity index (χ4n) is 0. The molecule has 0 aromatic rings. The predicted octanol–water partition coefficient (Wildman–Crippen LogP) is -0.0809. The molecule has 8 heavy (non-hydrogen) atoms. The highest BCUT2D eigenvalue weighted by Crippen LogP contribution is 1.40. The number of rotatable bonds is 1. The van der Waals surface area contributed by atoms with Crippen LogP contribution in [0, 0.1) is 0 Å². The van der Waals surface area contributed by atoms with Gasteiger partial charge in [0.15, 0.2) is 0 Å². The van der Waals surface area contributed by atoms with Crippen molar-refractivity contribution in [1.82, 2.24) is 0 Å². The largest absolute Gasteiger partial charge is 0.487 e. The van der Waals surface area contributed by atoms with Crippen molar-refractivity contribution in [2.75, 3.05) is 6.54 Å². The number of aliphatic hydroxyl groups is 1. The maximum atomic E-state index is 7.56. The molecule has 0 unspecified atom stereocenters. The molecule has 0 aliphatic carbocycles. The topological polar surface area (TPSA) is 72.3 Å². The minimum Gasteiger partial charge on any atom is -0.487 e. The molecule has 3 nitrogen and oxygen atoms in total. The predicted molar refractivity (Wildman–Crippen MR) is 38.7 cm³/mol. The Hall–Kier alpha value is -0.610. The summed E-state index contributed by atoms with van der Waals surface area (Å²) in [4.78, 5) is 0. The van der Waals surface area contributed by atoms with Crippen molar-refractivity contribution in [3.8, 4) is 0 Å². The average molecular weight is 134 g/mol. The molecule has 0 aliphatic heterocycles. The van der Waals surface area contributed by atoms with E-state index in [2.05, 4.69) is 24.5 Å². The summed E-state index contributed by atoms with van der Waals surface area (Å²) in [5.41, 5.74) is 9.31. The first-order chi connectivity index (χ1) is 3.65. The van der Waals surface area contributed by atoms with Gasteiger partial charge in [0.1, 0.15) is 0 Å². The molecular weight excluding hydrogens is 124 g/mol. The van der Waals surface area contributed by atoms with Crippen LogP contribution in [-0.2, 0) is 0 Å². The number of aliphatic hydroxyl groups excluding tert-OH is 1. The van der Waals surface area contributed by atoms with Crippen LogP contribution in [0.15, 0.2) is 12.7 Å². The third kappa shape index (κ3) is 683. The van der Waals surface area contributed by atoms with Gasteiger partial charge in [-0.2, -0.15) is 0 Å². The number of hydrogen-bond acceptors (Lipinski definition) is 2. The fourth-order valence-corrected chi connectivity index (χ4v) is 0. The van der Waals surface area contributed by atoms with Gasteiger partial charge in [0, 0.05) is 6.54 Å². The molecule has 4 heteroatoms. The first-order valence-electron chi connectivity index (χ1n) is 1.94. The molecule has 0 bridgehead atoms. The second-order valence-electron chi connectivity index (χ2n) is 0.863. The Morgan fingerprint density at radius 3 is 2.00 bits per heavy atom. The van der Waals surface area contributed by atoms with Gasteiger partial charge < -0.3 is 16.6 Å². The van der Waals surface area contributed by atoms with Gasteiger partial charge in [-0.1, -0.05) is 6.08 Å². The molecule has 0 atom stereocenters. The first kappa shape index (κ1) is 10.4. The summed E-state index contributed by atoms with van der Waals surface area (Å²) in [7, 11) is 0. The van der Waals surface area contributed by atoms with E-state index in [1.807, 2.05) is 0 Å². The van der Waals surface area contributed by atoms with E-state index < -0.39 is 5.17 Å². The highest BCUT2D eigenvalue weighted by Gasteiger charge is 1.57. The third-order valence-electron chi connectivity index (χ3n) is 0.167. The van der Waals surface area contributed by atoms with Gasteiger partial charge >= 0.3 is 0 Å². The van der Waals surface area contributed by atoms with Crippen LogP contribution < -0.4 is 11.5 Å². The highest BCUT2D eigenvalue weighted by atomic mass is 32.1. The molecule has 0 spiro atoms. The van der Waals surface area contributed by atoms with Crippen molar-refractivity contribution in [2.24, 2.45) is 11.5 Å². The van der Waals surface area contributed by atoms with Gasteiger partial charge in [0.05, 0.1) is 0 Å². The van der Waals surface area contributed by atoms with E-state index in [-0.39, 0.29) is 0 Å². The summed E-state index contributed by atoms with van der Waals surface area (Å²) in [5, 5.41) is 7.06. The molecule has 0 aromatic heterocycles. The van der Waals surface area contributed by atoms with Crippen LogP contribution in [0.5, 0.6) is 0 Å². The second-order valence-corrected chi connectivity index (χ2v) is 1.28. The maximum absolute atomic E-state index is 7.56. The van der Waals surface area contributed by atoms with E-state index in [1.165, 1.54) is 0 Å². The van der Waals surface area contributed by atoms with Gasteiger partial charge in [0.25, 0.3) is 5.17 Å². The Balaban J connectivity index is 0. The highest BCUT2D eigenvalue weighted by molar-refractivity contribution is 7.79. The Morgan fingerprint density at radius 2 is 2.00 bits per heavy atom. The quantitative estimate of drug-likeness (QED) is 0.346. The van der Waals surface area contributed by atoms with E-state index in [9.17, 15) is 0 Å². The Kier molecular flexibility index (Phi) is 12.5. The van der Waals surface area contributed by atoms with Crippen molar-refractivity contribution in [3.63, 3.8) is 0 Å². The minimum atomic E-state index is -0.500. The average Bonchev–Trinajstić information content (AvgIpc) is 1.65. The van der Waals surface area contributed by atoms with Crippen LogP contribution in [0.1, 0.15) is 0 Å². The van der Waals surface area contributed by atoms with Gasteiger partial charge in [-0.25, -0.2) is 0 Å². The molecule has 5 N–H and O–H groups in total. The monoisotopic (exact) mass is 134 g/mol. The van der Waals surface area contributed by atoms with E-state index >= 15 is 0 Å².